The van der Waals surface area contributed by atoms with Gasteiger partial charge in [0.05, 0.1) is 18.7 Å². The molecule has 18 heavy (non-hydrogen) atoms. The normalized spacial score (nSPS) is 25.5. The van der Waals surface area contributed by atoms with Crippen LogP contribution in [-0.4, -0.2) is 19.6 Å². The Balaban J connectivity index is 1.90. The molecule has 0 spiro atoms. The smallest absolute Gasteiger partial charge is 0.166 e. The highest BCUT2D eigenvalue weighted by Gasteiger charge is 2.34. The molecule has 0 bridgehead atoms. The molecule has 3 rings (SSSR count). The Morgan fingerprint density at radius 3 is 2.67 bits per heavy atom. The molecule has 1 saturated heterocycles. The van der Waals surface area contributed by atoms with Crippen LogP contribution < -0.4 is 10.2 Å². The van der Waals surface area contributed by atoms with Crippen molar-refractivity contribution in [2.24, 2.45) is 0 Å². The van der Waals surface area contributed by atoms with Crippen LogP contribution in [0.3, 0.4) is 0 Å². The topological polar surface area (TPSA) is 21.1 Å². The van der Waals surface area contributed by atoms with E-state index in [1.807, 2.05) is 6.07 Å². The Hall–Kier alpha value is -0.930. The molecular formula is C15H23FN2+2. The molecule has 0 amide bonds. The fraction of sp³-hybridized carbons (Fsp3) is 0.600. The number of likely N-dealkylation sites (tertiary alicyclic amines) is 1. The lowest BCUT2D eigenvalue weighted by Gasteiger charge is -2.31. The van der Waals surface area contributed by atoms with Gasteiger partial charge in [-0.05, 0) is 31.7 Å². The Morgan fingerprint density at radius 2 is 1.89 bits per heavy atom. The van der Waals surface area contributed by atoms with Crippen molar-refractivity contribution in [3.63, 3.8) is 0 Å². The van der Waals surface area contributed by atoms with E-state index in [0.29, 0.717) is 6.04 Å². The summed E-state index contributed by atoms with van der Waals surface area (Å²) in [4.78, 5) is 1.61. The number of hydrogen-bond donors (Lipinski definition) is 2. The van der Waals surface area contributed by atoms with Crippen LogP contribution in [0.15, 0.2) is 18.2 Å². The van der Waals surface area contributed by atoms with E-state index in [1.54, 1.807) is 11.0 Å². The highest BCUT2D eigenvalue weighted by molar-refractivity contribution is 5.30. The van der Waals surface area contributed by atoms with Crippen molar-refractivity contribution in [1.82, 2.24) is 0 Å². The van der Waals surface area contributed by atoms with Gasteiger partial charge >= 0.3 is 0 Å². The van der Waals surface area contributed by atoms with Gasteiger partial charge in [-0.3, -0.25) is 0 Å². The second-order valence-electron chi connectivity index (χ2n) is 5.67. The van der Waals surface area contributed by atoms with Crippen molar-refractivity contribution in [3.05, 3.63) is 35.1 Å². The fourth-order valence-corrected chi connectivity index (χ4v) is 3.58. The summed E-state index contributed by atoms with van der Waals surface area (Å²) >= 11 is 0. The molecule has 2 nitrogen and oxygen atoms in total. The van der Waals surface area contributed by atoms with Gasteiger partial charge in [-0.15, -0.1) is 0 Å². The fourth-order valence-electron chi connectivity index (χ4n) is 3.58. The van der Waals surface area contributed by atoms with Gasteiger partial charge in [0.15, 0.2) is 6.04 Å². The van der Waals surface area contributed by atoms with Gasteiger partial charge in [-0.1, -0.05) is 12.1 Å². The molecule has 98 valence electrons. The van der Waals surface area contributed by atoms with Gasteiger partial charge in [-0.25, -0.2) is 4.39 Å². The molecule has 0 radical (unpaired) electrons. The molecule has 2 aliphatic rings. The first-order chi connectivity index (χ1) is 8.86. The minimum atomic E-state index is 0.0161. The van der Waals surface area contributed by atoms with Crippen LogP contribution in [0.5, 0.6) is 0 Å². The van der Waals surface area contributed by atoms with Crippen molar-refractivity contribution >= 4 is 0 Å². The lowest BCUT2D eigenvalue weighted by molar-refractivity contribution is -0.947. The average molecular weight is 250 g/mol. The molecule has 2 heterocycles. The number of fused-ring (bicyclic) bond motifs is 1. The standard InChI is InChI=1S/C15H21FN2/c16-13-7-5-6-12-10-17-11-14(15(12)13)18-8-3-1-2-4-9-18/h5-7,14,17H,1-4,8-11H2/p+2/t14-/m1/s1. The minimum absolute atomic E-state index is 0.0161. The van der Waals surface area contributed by atoms with Crippen LogP contribution in [-0.2, 0) is 6.54 Å². The maximum Gasteiger partial charge on any atom is 0.166 e. The van der Waals surface area contributed by atoms with Gasteiger partial charge in [0.2, 0.25) is 0 Å². The minimum Gasteiger partial charge on any atom is -0.337 e. The first-order valence-corrected chi connectivity index (χ1v) is 7.30. The number of hydrogen-bond acceptors (Lipinski definition) is 0. The van der Waals surface area contributed by atoms with E-state index < -0.39 is 0 Å². The first kappa shape index (κ1) is 12.1. The summed E-state index contributed by atoms with van der Waals surface area (Å²) in [5.41, 5.74) is 2.22. The summed E-state index contributed by atoms with van der Waals surface area (Å²) < 4.78 is 14.2. The van der Waals surface area contributed by atoms with Crippen molar-refractivity contribution < 1.29 is 14.6 Å². The Morgan fingerprint density at radius 1 is 1.11 bits per heavy atom. The number of halogens is 1. The van der Waals surface area contributed by atoms with E-state index in [-0.39, 0.29) is 5.82 Å². The van der Waals surface area contributed by atoms with E-state index in [1.165, 1.54) is 44.3 Å². The maximum absolute atomic E-state index is 14.2. The summed E-state index contributed by atoms with van der Waals surface area (Å²) in [5.74, 6) is 0.0161. The molecule has 0 unspecified atom stereocenters. The largest absolute Gasteiger partial charge is 0.337 e. The van der Waals surface area contributed by atoms with Gasteiger partial charge in [0.1, 0.15) is 18.9 Å². The molecule has 1 fully saturated rings. The van der Waals surface area contributed by atoms with E-state index in [2.05, 4.69) is 11.4 Å². The number of nitrogens with two attached hydrogens (primary N) is 1. The van der Waals surface area contributed by atoms with Crippen LogP contribution in [0.2, 0.25) is 0 Å². The molecule has 1 atom stereocenters. The number of quaternary nitrogens is 2. The van der Waals surface area contributed by atoms with E-state index >= 15 is 0 Å². The second-order valence-corrected chi connectivity index (χ2v) is 5.67. The third kappa shape index (κ3) is 2.29. The molecule has 2 aliphatic heterocycles. The van der Waals surface area contributed by atoms with Gasteiger partial charge in [0, 0.05) is 5.56 Å². The molecule has 1 aromatic rings. The first-order valence-electron chi connectivity index (χ1n) is 7.30. The molecule has 3 heteroatoms. The Labute approximate surface area is 108 Å². The summed E-state index contributed by atoms with van der Waals surface area (Å²) in [6.07, 6.45) is 5.30. The van der Waals surface area contributed by atoms with Crippen LogP contribution in [0.1, 0.15) is 42.9 Å². The van der Waals surface area contributed by atoms with Crippen molar-refractivity contribution in [1.29, 1.82) is 0 Å². The zero-order valence-electron chi connectivity index (χ0n) is 10.9. The van der Waals surface area contributed by atoms with Crippen molar-refractivity contribution in [2.75, 3.05) is 19.6 Å². The molecule has 0 aromatic heterocycles. The molecular weight excluding hydrogens is 227 g/mol. The summed E-state index contributed by atoms with van der Waals surface area (Å²) in [5, 5.41) is 2.34. The highest BCUT2D eigenvalue weighted by Crippen LogP contribution is 2.21. The zero-order valence-corrected chi connectivity index (χ0v) is 10.9. The lowest BCUT2D eigenvalue weighted by atomic mass is 9.94. The number of benzene rings is 1. The number of nitrogens with one attached hydrogen (secondary N) is 1. The predicted molar refractivity (Wildman–Crippen MR) is 68.8 cm³/mol. The molecule has 3 N–H and O–H groups in total. The lowest BCUT2D eigenvalue weighted by Crippen LogP contribution is -3.15. The van der Waals surface area contributed by atoms with Crippen LogP contribution in [0.4, 0.5) is 4.39 Å². The third-order valence-corrected chi connectivity index (χ3v) is 4.50. The van der Waals surface area contributed by atoms with E-state index in [9.17, 15) is 4.39 Å². The predicted octanol–water partition coefficient (Wildman–Crippen LogP) is 0.403. The number of rotatable bonds is 1. The maximum atomic E-state index is 14.2. The summed E-state index contributed by atoms with van der Waals surface area (Å²) in [6.45, 7) is 4.42. The quantitative estimate of drug-likeness (QED) is 0.720. The van der Waals surface area contributed by atoms with Crippen molar-refractivity contribution in [3.8, 4) is 0 Å². The second kappa shape index (κ2) is 5.37. The molecule has 0 saturated carbocycles. The third-order valence-electron chi connectivity index (χ3n) is 4.50. The molecule has 0 aliphatic carbocycles. The average Bonchev–Trinajstić information content (AvgIpc) is 2.67. The zero-order chi connectivity index (χ0) is 12.4. The van der Waals surface area contributed by atoms with E-state index in [0.717, 1.165) is 18.7 Å². The van der Waals surface area contributed by atoms with Crippen LogP contribution >= 0.6 is 0 Å². The SMILES string of the molecule is Fc1cccc2c1[C@H]([NH+]1CCCCCC1)C[NH2+]C2. The molecule has 1 aromatic carbocycles. The Kier molecular flexibility index (Phi) is 3.62. The van der Waals surface area contributed by atoms with Crippen molar-refractivity contribution in [2.45, 2.75) is 38.3 Å². The summed E-state index contributed by atoms with van der Waals surface area (Å²) in [7, 11) is 0. The monoisotopic (exact) mass is 250 g/mol. The van der Waals surface area contributed by atoms with Crippen LogP contribution in [0, 0.1) is 5.82 Å². The van der Waals surface area contributed by atoms with Gasteiger partial charge < -0.3 is 10.2 Å². The Bertz CT molecular complexity index is 411. The van der Waals surface area contributed by atoms with Gasteiger partial charge in [-0.2, -0.15) is 0 Å². The van der Waals surface area contributed by atoms with E-state index in [4.69, 9.17) is 0 Å². The van der Waals surface area contributed by atoms with Gasteiger partial charge in [0.25, 0.3) is 0 Å². The summed E-state index contributed by atoms with van der Waals surface area (Å²) in [6, 6.07) is 5.95. The van der Waals surface area contributed by atoms with Crippen LogP contribution in [0.25, 0.3) is 0 Å². The highest BCUT2D eigenvalue weighted by atomic mass is 19.1.